The minimum Gasteiger partial charge on any atom is -0.387 e. The fraction of sp³-hybridized carbons (Fsp3) is 0.222. The molecule has 0 aliphatic carbocycles. The predicted molar refractivity (Wildman–Crippen MR) is 51.7 cm³/mol. The Kier molecular flexibility index (Phi) is 3.56. The van der Waals surface area contributed by atoms with Gasteiger partial charge in [0.05, 0.1) is 28.6 Å². The maximum atomic E-state index is 9.41. The first kappa shape index (κ1) is 10.3. The number of hydrogen-bond donors (Lipinski definition) is 1. The highest BCUT2D eigenvalue weighted by Crippen LogP contribution is 2.26. The van der Waals surface area contributed by atoms with Gasteiger partial charge in [-0.1, -0.05) is 29.3 Å². The van der Waals surface area contributed by atoms with Gasteiger partial charge in [0.1, 0.15) is 0 Å². The van der Waals surface area contributed by atoms with Gasteiger partial charge in [-0.15, -0.1) is 0 Å². The predicted octanol–water partition coefficient (Wildman–Crippen LogP) is 2.94. The number of aliphatic hydroxyl groups is 1. The molecule has 0 aliphatic heterocycles. The van der Waals surface area contributed by atoms with Crippen LogP contribution in [0.4, 0.5) is 0 Å². The molecule has 0 bridgehead atoms. The molecule has 0 aromatic heterocycles. The van der Waals surface area contributed by atoms with Crippen molar-refractivity contribution in [2.24, 2.45) is 0 Å². The first-order valence-corrected chi connectivity index (χ1v) is 4.40. The molecule has 13 heavy (non-hydrogen) atoms. The van der Waals surface area contributed by atoms with Gasteiger partial charge in [-0.25, -0.2) is 0 Å². The van der Waals surface area contributed by atoms with Gasteiger partial charge in [-0.3, -0.25) is 0 Å². The van der Waals surface area contributed by atoms with E-state index in [1.807, 2.05) is 6.07 Å². The Morgan fingerprint density at radius 1 is 1.38 bits per heavy atom. The lowest BCUT2D eigenvalue weighted by Gasteiger charge is -2.07. The Labute approximate surface area is 86.3 Å². The molecule has 1 aromatic carbocycles. The highest BCUT2D eigenvalue weighted by atomic mass is 35.5. The van der Waals surface area contributed by atoms with Crippen molar-refractivity contribution in [3.63, 3.8) is 0 Å². The third-order valence-corrected chi connectivity index (χ3v) is 2.35. The molecule has 0 radical (unpaired) electrons. The summed E-state index contributed by atoms with van der Waals surface area (Å²) in [6.45, 7) is 0. The second-order valence-corrected chi connectivity index (χ2v) is 3.37. The Balaban J connectivity index is 2.91. The molecule has 0 spiro atoms. The zero-order chi connectivity index (χ0) is 9.84. The molecule has 4 heteroatoms. The second kappa shape index (κ2) is 4.48. The largest absolute Gasteiger partial charge is 0.387 e. The summed E-state index contributed by atoms with van der Waals surface area (Å²) in [5, 5.41) is 18.6. The Morgan fingerprint density at radius 2 is 2.08 bits per heavy atom. The zero-order valence-electron chi connectivity index (χ0n) is 6.67. The van der Waals surface area contributed by atoms with Crippen LogP contribution in [0, 0.1) is 11.3 Å². The van der Waals surface area contributed by atoms with E-state index in [-0.39, 0.29) is 6.42 Å². The minimum absolute atomic E-state index is 0.0535. The average molecular weight is 216 g/mol. The monoisotopic (exact) mass is 215 g/mol. The van der Waals surface area contributed by atoms with Crippen molar-refractivity contribution >= 4 is 23.2 Å². The third-order valence-electron chi connectivity index (χ3n) is 1.61. The summed E-state index contributed by atoms with van der Waals surface area (Å²) in [6.07, 6.45) is -0.738. The topological polar surface area (TPSA) is 44.0 Å². The molecule has 0 aliphatic rings. The first-order valence-electron chi connectivity index (χ1n) is 3.65. The van der Waals surface area contributed by atoms with Gasteiger partial charge in [0.25, 0.3) is 0 Å². The van der Waals surface area contributed by atoms with Crippen LogP contribution < -0.4 is 0 Å². The molecule has 1 rings (SSSR count). The Morgan fingerprint density at radius 3 is 2.62 bits per heavy atom. The van der Waals surface area contributed by atoms with Crippen molar-refractivity contribution in [1.82, 2.24) is 0 Å². The summed E-state index contributed by atoms with van der Waals surface area (Å²) in [6, 6.07) is 6.68. The quantitative estimate of drug-likeness (QED) is 0.825. The number of nitrogens with zero attached hydrogens (tertiary/aromatic N) is 1. The lowest BCUT2D eigenvalue weighted by Crippen LogP contribution is -1.95. The summed E-state index contributed by atoms with van der Waals surface area (Å²) in [7, 11) is 0. The van der Waals surface area contributed by atoms with Gasteiger partial charge in [0.2, 0.25) is 0 Å². The maximum absolute atomic E-state index is 9.41. The third kappa shape index (κ3) is 2.60. The maximum Gasteiger partial charge on any atom is 0.0920 e. The minimum atomic E-state index is -0.792. The fourth-order valence-electron chi connectivity index (χ4n) is 0.924. The number of halogens is 2. The van der Waals surface area contributed by atoms with Crippen molar-refractivity contribution in [1.29, 1.82) is 5.26 Å². The van der Waals surface area contributed by atoms with Gasteiger partial charge in [-0.05, 0) is 17.7 Å². The summed E-state index contributed by atoms with van der Waals surface area (Å²) in [5.74, 6) is 0. The summed E-state index contributed by atoms with van der Waals surface area (Å²) >= 11 is 11.4. The number of rotatable bonds is 2. The lowest BCUT2D eigenvalue weighted by atomic mass is 10.1. The molecule has 0 fully saturated rings. The van der Waals surface area contributed by atoms with E-state index in [2.05, 4.69) is 0 Å². The van der Waals surface area contributed by atoms with Crippen molar-refractivity contribution < 1.29 is 5.11 Å². The molecule has 68 valence electrons. The smallest absolute Gasteiger partial charge is 0.0920 e. The molecule has 2 nitrogen and oxygen atoms in total. The van der Waals surface area contributed by atoms with Gasteiger partial charge < -0.3 is 5.11 Å². The molecular formula is C9H7Cl2NO. The molecule has 0 saturated carbocycles. The van der Waals surface area contributed by atoms with E-state index < -0.39 is 6.10 Å². The van der Waals surface area contributed by atoms with Crippen LogP contribution in [0.5, 0.6) is 0 Å². The van der Waals surface area contributed by atoms with Gasteiger partial charge >= 0.3 is 0 Å². The van der Waals surface area contributed by atoms with Crippen LogP contribution in [-0.4, -0.2) is 5.11 Å². The molecule has 1 N–H and O–H groups in total. The van der Waals surface area contributed by atoms with Gasteiger partial charge in [0, 0.05) is 0 Å². The van der Waals surface area contributed by atoms with Crippen molar-refractivity contribution in [3.8, 4) is 6.07 Å². The highest BCUT2D eigenvalue weighted by molar-refractivity contribution is 6.42. The van der Waals surface area contributed by atoms with E-state index in [0.29, 0.717) is 15.6 Å². The van der Waals surface area contributed by atoms with Crippen LogP contribution in [0.25, 0.3) is 0 Å². The van der Waals surface area contributed by atoms with Crippen LogP contribution >= 0.6 is 23.2 Å². The van der Waals surface area contributed by atoms with Crippen LogP contribution in [0.2, 0.25) is 10.0 Å². The molecular weight excluding hydrogens is 209 g/mol. The SMILES string of the molecule is N#CCC(O)c1ccc(Cl)c(Cl)c1. The van der Waals surface area contributed by atoms with Crippen molar-refractivity contribution in [2.45, 2.75) is 12.5 Å². The highest BCUT2D eigenvalue weighted by Gasteiger charge is 2.08. The number of benzene rings is 1. The van der Waals surface area contributed by atoms with Crippen LogP contribution in [0.1, 0.15) is 18.1 Å². The van der Waals surface area contributed by atoms with E-state index in [1.54, 1.807) is 18.2 Å². The van der Waals surface area contributed by atoms with E-state index in [4.69, 9.17) is 28.5 Å². The zero-order valence-corrected chi connectivity index (χ0v) is 8.18. The molecule has 0 heterocycles. The Bertz CT molecular complexity index is 346. The average Bonchev–Trinajstić information content (AvgIpc) is 2.10. The van der Waals surface area contributed by atoms with Gasteiger partial charge in [-0.2, -0.15) is 5.26 Å². The van der Waals surface area contributed by atoms with Crippen molar-refractivity contribution in [3.05, 3.63) is 33.8 Å². The molecule has 1 atom stereocenters. The summed E-state index contributed by atoms with van der Waals surface area (Å²) in [5.41, 5.74) is 0.607. The fourth-order valence-corrected chi connectivity index (χ4v) is 1.23. The molecule has 1 aromatic rings. The second-order valence-electron chi connectivity index (χ2n) is 2.55. The van der Waals surface area contributed by atoms with E-state index >= 15 is 0 Å². The molecule has 0 saturated heterocycles. The standard InChI is InChI=1S/C9H7Cl2NO/c10-7-2-1-6(5-8(7)11)9(13)3-4-12/h1-2,5,9,13H,3H2. The molecule has 1 unspecified atom stereocenters. The summed E-state index contributed by atoms with van der Waals surface area (Å²) < 4.78 is 0. The van der Waals surface area contributed by atoms with Crippen LogP contribution in [0.3, 0.4) is 0 Å². The summed E-state index contributed by atoms with van der Waals surface area (Å²) in [4.78, 5) is 0. The first-order chi connectivity index (χ1) is 6.15. The van der Waals surface area contributed by atoms with E-state index in [1.165, 1.54) is 0 Å². The normalized spacial score (nSPS) is 12.2. The van der Waals surface area contributed by atoms with Crippen molar-refractivity contribution in [2.75, 3.05) is 0 Å². The van der Waals surface area contributed by atoms with E-state index in [0.717, 1.165) is 0 Å². The number of aliphatic hydroxyl groups excluding tert-OH is 1. The number of nitriles is 1. The van der Waals surface area contributed by atoms with Crippen LogP contribution in [-0.2, 0) is 0 Å². The molecule has 0 amide bonds. The Hall–Kier alpha value is -0.750. The lowest BCUT2D eigenvalue weighted by molar-refractivity contribution is 0.183. The van der Waals surface area contributed by atoms with Gasteiger partial charge in [0.15, 0.2) is 0 Å². The van der Waals surface area contributed by atoms with Crippen LogP contribution in [0.15, 0.2) is 18.2 Å². The van der Waals surface area contributed by atoms with E-state index in [9.17, 15) is 5.11 Å². The number of hydrogen-bond acceptors (Lipinski definition) is 2.